The number of nitrogens with one attached hydrogen (secondary N) is 1. The number of rotatable bonds is 6. The predicted molar refractivity (Wildman–Crippen MR) is 101 cm³/mol. The van der Waals surface area contributed by atoms with Gasteiger partial charge in [0.25, 0.3) is 11.6 Å². The lowest BCUT2D eigenvalue weighted by Gasteiger charge is -2.35. The molecule has 1 fully saturated rings. The van der Waals surface area contributed by atoms with Crippen LogP contribution in [0.25, 0.3) is 0 Å². The Labute approximate surface area is 163 Å². The summed E-state index contributed by atoms with van der Waals surface area (Å²) in [6, 6.07) is 2.90. The molecule has 1 aromatic rings. The molecule has 0 bridgehead atoms. The van der Waals surface area contributed by atoms with Crippen molar-refractivity contribution >= 4 is 29.1 Å². The van der Waals surface area contributed by atoms with Gasteiger partial charge in [-0.05, 0) is 18.4 Å². The van der Waals surface area contributed by atoms with E-state index in [1.54, 1.807) is 4.90 Å². The summed E-state index contributed by atoms with van der Waals surface area (Å²) in [6.45, 7) is 7.13. The van der Waals surface area contributed by atoms with Gasteiger partial charge in [0.15, 0.2) is 0 Å². The van der Waals surface area contributed by atoms with Crippen LogP contribution in [0.4, 0.5) is 5.69 Å². The summed E-state index contributed by atoms with van der Waals surface area (Å²) >= 11 is 6.02. The lowest BCUT2D eigenvalue weighted by atomic mass is 10.0. The van der Waals surface area contributed by atoms with Crippen LogP contribution in [0.15, 0.2) is 18.2 Å². The lowest BCUT2D eigenvalue weighted by Crippen LogP contribution is -2.55. The maximum absolute atomic E-state index is 12.9. The largest absolute Gasteiger partial charge is 0.375 e. The molecule has 2 amide bonds. The third kappa shape index (κ3) is 5.17. The lowest BCUT2D eigenvalue weighted by molar-refractivity contribution is -0.384. The van der Waals surface area contributed by atoms with E-state index in [0.29, 0.717) is 19.7 Å². The van der Waals surface area contributed by atoms with Crippen LogP contribution in [0.2, 0.25) is 5.02 Å². The Balaban J connectivity index is 2.14. The average molecular weight is 398 g/mol. The SMILES string of the molecule is CC[C@@H]1CN(C(=O)[C@H](NC(=O)c2ccc([N+](=O)[O-])cc2Cl)C(C)C)CCO1. The molecular formula is C18H24ClN3O5. The molecule has 1 heterocycles. The molecule has 1 N–H and O–H groups in total. The highest BCUT2D eigenvalue weighted by atomic mass is 35.5. The summed E-state index contributed by atoms with van der Waals surface area (Å²) in [5, 5.41) is 13.5. The molecule has 1 aliphatic heterocycles. The first-order valence-corrected chi connectivity index (χ1v) is 9.27. The molecule has 0 spiro atoms. The number of hydrogen-bond acceptors (Lipinski definition) is 5. The van der Waals surface area contributed by atoms with Crippen LogP contribution >= 0.6 is 11.6 Å². The van der Waals surface area contributed by atoms with E-state index in [1.165, 1.54) is 12.1 Å². The molecular weight excluding hydrogens is 374 g/mol. The summed E-state index contributed by atoms with van der Waals surface area (Å²) in [7, 11) is 0. The Kier molecular flexibility index (Phi) is 7.15. The Morgan fingerprint density at radius 3 is 2.70 bits per heavy atom. The minimum Gasteiger partial charge on any atom is -0.375 e. The topological polar surface area (TPSA) is 102 Å². The molecule has 0 radical (unpaired) electrons. The van der Waals surface area contributed by atoms with Gasteiger partial charge in [0, 0.05) is 25.2 Å². The van der Waals surface area contributed by atoms with Crippen molar-refractivity contribution in [3.05, 3.63) is 38.9 Å². The van der Waals surface area contributed by atoms with Gasteiger partial charge in [0.05, 0.1) is 28.2 Å². The molecule has 1 aliphatic rings. The first kappa shape index (κ1) is 21.1. The Bertz CT molecular complexity index is 725. The van der Waals surface area contributed by atoms with Crippen LogP contribution in [-0.2, 0) is 9.53 Å². The van der Waals surface area contributed by atoms with Gasteiger partial charge in [0.2, 0.25) is 5.91 Å². The minimum atomic E-state index is -0.723. The molecule has 0 aromatic heterocycles. The number of carbonyl (C=O) groups excluding carboxylic acids is 2. The van der Waals surface area contributed by atoms with Crippen LogP contribution in [0.5, 0.6) is 0 Å². The van der Waals surface area contributed by atoms with Crippen molar-refractivity contribution in [3.63, 3.8) is 0 Å². The van der Waals surface area contributed by atoms with Crippen molar-refractivity contribution < 1.29 is 19.2 Å². The van der Waals surface area contributed by atoms with Crippen LogP contribution in [0, 0.1) is 16.0 Å². The summed E-state index contributed by atoms with van der Waals surface area (Å²) in [5.41, 5.74) is -0.110. The van der Waals surface area contributed by atoms with Crippen molar-refractivity contribution in [2.24, 2.45) is 5.92 Å². The fraction of sp³-hybridized carbons (Fsp3) is 0.556. The van der Waals surface area contributed by atoms with E-state index in [9.17, 15) is 19.7 Å². The first-order valence-electron chi connectivity index (χ1n) is 8.89. The van der Waals surface area contributed by atoms with Crippen LogP contribution < -0.4 is 5.32 Å². The van der Waals surface area contributed by atoms with Gasteiger partial charge in [-0.25, -0.2) is 0 Å². The minimum absolute atomic E-state index is 0.00432. The standard InChI is InChI=1S/C18H24ClN3O5/c1-4-13-10-21(7-8-27-13)18(24)16(11(2)3)20-17(23)14-6-5-12(22(25)26)9-15(14)19/h5-6,9,11,13,16H,4,7-8,10H2,1-3H3,(H,20,23)/t13-,16-/m1/s1. The highest BCUT2D eigenvalue weighted by Gasteiger charge is 2.32. The summed E-state index contributed by atoms with van der Waals surface area (Å²) in [4.78, 5) is 37.5. The molecule has 0 aliphatic carbocycles. The van der Waals surface area contributed by atoms with Crippen molar-refractivity contribution in [2.75, 3.05) is 19.7 Å². The number of ether oxygens (including phenoxy) is 1. The van der Waals surface area contributed by atoms with Crippen molar-refractivity contribution in [1.29, 1.82) is 0 Å². The molecule has 9 heteroatoms. The van der Waals surface area contributed by atoms with Gasteiger partial charge >= 0.3 is 0 Å². The third-order valence-electron chi connectivity index (χ3n) is 4.53. The van der Waals surface area contributed by atoms with E-state index in [-0.39, 0.29) is 34.2 Å². The maximum atomic E-state index is 12.9. The maximum Gasteiger partial charge on any atom is 0.270 e. The molecule has 8 nitrogen and oxygen atoms in total. The second-order valence-electron chi connectivity index (χ2n) is 6.80. The van der Waals surface area contributed by atoms with Gasteiger partial charge < -0.3 is 15.0 Å². The zero-order valence-corrected chi connectivity index (χ0v) is 16.4. The number of halogens is 1. The molecule has 27 heavy (non-hydrogen) atoms. The summed E-state index contributed by atoms with van der Waals surface area (Å²) < 4.78 is 5.59. The monoisotopic (exact) mass is 397 g/mol. The highest BCUT2D eigenvalue weighted by molar-refractivity contribution is 6.34. The number of hydrogen-bond donors (Lipinski definition) is 1. The predicted octanol–water partition coefficient (Wildman–Crippen LogP) is 2.64. The Morgan fingerprint density at radius 1 is 1.44 bits per heavy atom. The zero-order chi connectivity index (χ0) is 20.1. The molecule has 1 saturated heterocycles. The van der Waals surface area contributed by atoms with E-state index < -0.39 is 16.9 Å². The molecule has 2 atom stereocenters. The zero-order valence-electron chi connectivity index (χ0n) is 15.6. The van der Waals surface area contributed by atoms with E-state index >= 15 is 0 Å². The van der Waals surface area contributed by atoms with Crippen LogP contribution in [-0.4, -0.2) is 53.5 Å². The number of non-ortho nitro benzene ring substituents is 1. The van der Waals surface area contributed by atoms with Crippen molar-refractivity contribution in [2.45, 2.75) is 39.3 Å². The Morgan fingerprint density at radius 2 is 2.15 bits per heavy atom. The molecule has 148 valence electrons. The van der Waals surface area contributed by atoms with E-state index in [0.717, 1.165) is 12.5 Å². The summed E-state index contributed by atoms with van der Waals surface area (Å²) in [5.74, 6) is -0.846. The van der Waals surface area contributed by atoms with E-state index in [4.69, 9.17) is 16.3 Å². The van der Waals surface area contributed by atoms with Gasteiger partial charge in [0.1, 0.15) is 6.04 Å². The molecule has 2 rings (SSSR count). The molecule has 0 unspecified atom stereocenters. The smallest absolute Gasteiger partial charge is 0.270 e. The number of carbonyl (C=O) groups is 2. The third-order valence-corrected chi connectivity index (χ3v) is 4.85. The van der Waals surface area contributed by atoms with Gasteiger partial charge in [-0.15, -0.1) is 0 Å². The highest BCUT2D eigenvalue weighted by Crippen LogP contribution is 2.23. The van der Waals surface area contributed by atoms with Crippen LogP contribution in [0.3, 0.4) is 0 Å². The fourth-order valence-electron chi connectivity index (χ4n) is 2.90. The normalized spacial score (nSPS) is 18.3. The van der Waals surface area contributed by atoms with Crippen molar-refractivity contribution in [1.82, 2.24) is 10.2 Å². The number of nitro groups is 1. The number of nitrogens with zero attached hydrogens (tertiary/aromatic N) is 2. The first-order chi connectivity index (χ1) is 12.7. The number of nitro benzene ring substituents is 1. The van der Waals surface area contributed by atoms with Gasteiger partial charge in [-0.1, -0.05) is 32.4 Å². The van der Waals surface area contributed by atoms with Gasteiger partial charge in [-0.3, -0.25) is 19.7 Å². The number of morpholine rings is 1. The molecule has 0 saturated carbocycles. The summed E-state index contributed by atoms with van der Waals surface area (Å²) in [6.07, 6.45) is 0.802. The van der Waals surface area contributed by atoms with E-state index in [2.05, 4.69) is 5.32 Å². The molecule has 1 aromatic carbocycles. The van der Waals surface area contributed by atoms with Crippen molar-refractivity contribution in [3.8, 4) is 0 Å². The second-order valence-corrected chi connectivity index (χ2v) is 7.21. The van der Waals surface area contributed by atoms with E-state index in [1.807, 2.05) is 20.8 Å². The second kappa shape index (κ2) is 9.14. The fourth-order valence-corrected chi connectivity index (χ4v) is 3.16. The Hall–Kier alpha value is -2.19. The number of benzene rings is 1. The quantitative estimate of drug-likeness (QED) is 0.587. The van der Waals surface area contributed by atoms with Crippen LogP contribution in [0.1, 0.15) is 37.6 Å². The number of amides is 2. The van der Waals surface area contributed by atoms with Gasteiger partial charge in [-0.2, -0.15) is 0 Å². The average Bonchev–Trinajstić information content (AvgIpc) is 2.64.